The van der Waals surface area contributed by atoms with Gasteiger partial charge in [0, 0.05) is 31.0 Å². The predicted molar refractivity (Wildman–Crippen MR) is 86.9 cm³/mol. The second kappa shape index (κ2) is 7.64. The monoisotopic (exact) mass is 316 g/mol. The molecule has 0 saturated carbocycles. The molecular formula is C19H22F2N2. The average Bonchev–Trinajstić information content (AvgIpc) is 2.56. The number of halogens is 2. The SMILES string of the molecule is Fc1cccc(F)c1CCC1CCCN(Cc2cccnc2)C1. The Bertz CT molecular complexity index is 610. The molecule has 1 aromatic carbocycles. The number of likely N-dealkylation sites (tertiary alicyclic amines) is 1. The van der Waals surface area contributed by atoms with Gasteiger partial charge in [0.1, 0.15) is 11.6 Å². The molecule has 0 spiro atoms. The maximum Gasteiger partial charge on any atom is 0.129 e. The van der Waals surface area contributed by atoms with Crippen molar-refractivity contribution in [2.45, 2.75) is 32.2 Å². The molecule has 122 valence electrons. The lowest BCUT2D eigenvalue weighted by molar-refractivity contribution is 0.161. The van der Waals surface area contributed by atoms with Crippen molar-refractivity contribution in [3.05, 3.63) is 65.5 Å². The number of piperidine rings is 1. The fourth-order valence-corrected chi connectivity index (χ4v) is 3.40. The van der Waals surface area contributed by atoms with Crippen molar-refractivity contribution in [2.75, 3.05) is 13.1 Å². The van der Waals surface area contributed by atoms with E-state index in [1.807, 2.05) is 12.3 Å². The van der Waals surface area contributed by atoms with Gasteiger partial charge in [-0.15, -0.1) is 0 Å². The third-order valence-electron chi connectivity index (χ3n) is 4.60. The molecular weight excluding hydrogens is 294 g/mol. The van der Waals surface area contributed by atoms with Gasteiger partial charge >= 0.3 is 0 Å². The molecule has 2 nitrogen and oxygen atoms in total. The van der Waals surface area contributed by atoms with E-state index < -0.39 is 11.6 Å². The van der Waals surface area contributed by atoms with Crippen molar-refractivity contribution in [3.63, 3.8) is 0 Å². The minimum absolute atomic E-state index is 0.233. The Morgan fingerprint density at radius 1 is 1.13 bits per heavy atom. The van der Waals surface area contributed by atoms with Crippen LogP contribution in [0, 0.1) is 17.6 Å². The zero-order valence-corrected chi connectivity index (χ0v) is 13.2. The summed E-state index contributed by atoms with van der Waals surface area (Å²) in [7, 11) is 0. The van der Waals surface area contributed by atoms with Crippen molar-refractivity contribution in [1.82, 2.24) is 9.88 Å². The van der Waals surface area contributed by atoms with Crippen molar-refractivity contribution in [1.29, 1.82) is 0 Å². The molecule has 0 bridgehead atoms. The Hall–Kier alpha value is -1.81. The van der Waals surface area contributed by atoms with E-state index in [1.165, 1.54) is 23.8 Å². The molecule has 2 heterocycles. The quantitative estimate of drug-likeness (QED) is 0.821. The Labute approximate surface area is 136 Å². The Balaban J connectivity index is 1.55. The molecule has 1 fully saturated rings. The van der Waals surface area contributed by atoms with E-state index in [1.54, 1.807) is 6.20 Å². The van der Waals surface area contributed by atoms with Gasteiger partial charge in [-0.25, -0.2) is 8.78 Å². The Morgan fingerprint density at radius 3 is 2.70 bits per heavy atom. The molecule has 1 aliphatic rings. The van der Waals surface area contributed by atoms with Crippen LogP contribution in [0.2, 0.25) is 0 Å². The van der Waals surface area contributed by atoms with Crippen LogP contribution in [0.25, 0.3) is 0 Å². The molecule has 1 aromatic heterocycles. The zero-order chi connectivity index (χ0) is 16.1. The van der Waals surface area contributed by atoms with Crippen LogP contribution in [0.4, 0.5) is 8.78 Å². The smallest absolute Gasteiger partial charge is 0.129 e. The summed E-state index contributed by atoms with van der Waals surface area (Å²) in [6, 6.07) is 8.15. The summed E-state index contributed by atoms with van der Waals surface area (Å²) in [4.78, 5) is 6.57. The first-order valence-corrected chi connectivity index (χ1v) is 8.26. The van der Waals surface area contributed by atoms with Crippen LogP contribution >= 0.6 is 0 Å². The Kier molecular flexibility index (Phi) is 5.34. The summed E-state index contributed by atoms with van der Waals surface area (Å²) >= 11 is 0. The number of rotatable bonds is 5. The van der Waals surface area contributed by atoms with Gasteiger partial charge in [-0.2, -0.15) is 0 Å². The average molecular weight is 316 g/mol. The minimum atomic E-state index is -0.423. The normalized spacial score (nSPS) is 19.0. The van der Waals surface area contributed by atoms with Crippen LogP contribution < -0.4 is 0 Å². The molecule has 1 aliphatic heterocycles. The molecule has 0 aliphatic carbocycles. The summed E-state index contributed by atoms with van der Waals surface area (Å²) < 4.78 is 27.4. The van der Waals surface area contributed by atoms with Crippen molar-refractivity contribution in [2.24, 2.45) is 5.92 Å². The highest BCUT2D eigenvalue weighted by atomic mass is 19.1. The van der Waals surface area contributed by atoms with Gasteiger partial charge in [-0.3, -0.25) is 9.88 Å². The molecule has 2 aromatic rings. The predicted octanol–water partition coefficient (Wildman–Crippen LogP) is 4.20. The number of pyridine rings is 1. The maximum atomic E-state index is 13.7. The topological polar surface area (TPSA) is 16.1 Å². The molecule has 3 rings (SSSR count). The fourth-order valence-electron chi connectivity index (χ4n) is 3.40. The number of benzene rings is 1. The molecule has 0 amide bonds. The van der Waals surface area contributed by atoms with Gasteiger partial charge in [0.05, 0.1) is 0 Å². The largest absolute Gasteiger partial charge is 0.299 e. The maximum absolute atomic E-state index is 13.7. The van der Waals surface area contributed by atoms with E-state index in [0.29, 0.717) is 12.3 Å². The van der Waals surface area contributed by atoms with Gasteiger partial charge in [-0.05, 0) is 61.9 Å². The highest BCUT2D eigenvalue weighted by Crippen LogP contribution is 2.24. The van der Waals surface area contributed by atoms with E-state index >= 15 is 0 Å². The van der Waals surface area contributed by atoms with Gasteiger partial charge < -0.3 is 0 Å². The highest BCUT2D eigenvalue weighted by molar-refractivity contribution is 5.19. The lowest BCUT2D eigenvalue weighted by Crippen LogP contribution is -2.35. The van der Waals surface area contributed by atoms with Crippen molar-refractivity contribution >= 4 is 0 Å². The first-order chi connectivity index (χ1) is 11.2. The molecule has 1 unspecified atom stereocenters. The fraction of sp³-hybridized carbons (Fsp3) is 0.421. The van der Waals surface area contributed by atoms with Crippen LogP contribution in [0.5, 0.6) is 0 Å². The lowest BCUT2D eigenvalue weighted by atomic mass is 9.91. The molecule has 0 radical (unpaired) electrons. The van der Waals surface area contributed by atoms with E-state index in [4.69, 9.17) is 0 Å². The van der Waals surface area contributed by atoms with E-state index in [9.17, 15) is 8.78 Å². The van der Waals surface area contributed by atoms with Crippen molar-refractivity contribution < 1.29 is 8.78 Å². The standard InChI is InChI=1S/C19H22F2N2/c20-18-6-1-7-19(21)17(18)9-8-15-5-3-11-23(13-15)14-16-4-2-10-22-12-16/h1-2,4,6-7,10,12,15H,3,5,8-9,11,13-14H2. The molecule has 4 heteroatoms. The molecule has 1 saturated heterocycles. The van der Waals surface area contributed by atoms with E-state index in [2.05, 4.69) is 16.0 Å². The number of nitrogens with zero attached hydrogens (tertiary/aromatic N) is 2. The van der Waals surface area contributed by atoms with Crippen LogP contribution in [0.3, 0.4) is 0 Å². The molecule has 23 heavy (non-hydrogen) atoms. The minimum Gasteiger partial charge on any atom is -0.299 e. The van der Waals surface area contributed by atoms with Crippen LogP contribution in [0.15, 0.2) is 42.7 Å². The molecule has 1 atom stereocenters. The summed E-state index contributed by atoms with van der Waals surface area (Å²) in [6.45, 7) is 2.98. The summed E-state index contributed by atoms with van der Waals surface area (Å²) in [5.74, 6) is -0.347. The van der Waals surface area contributed by atoms with Crippen molar-refractivity contribution in [3.8, 4) is 0 Å². The first-order valence-electron chi connectivity index (χ1n) is 8.26. The third-order valence-corrected chi connectivity index (χ3v) is 4.60. The number of hydrogen-bond acceptors (Lipinski definition) is 2. The second-order valence-electron chi connectivity index (χ2n) is 6.34. The van der Waals surface area contributed by atoms with Crippen LogP contribution in [0.1, 0.15) is 30.4 Å². The van der Waals surface area contributed by atoms with Gasteiger partial charge in [-0.1, -0.05) is 12.1 Å². The van der Waals surface area contributed by atoms with E-state index in [0.717, 1.165) is 38.9 Å². The summed E-state index contributed by atoms with van der Waals surface area (Å²) in [5.41, 5.74) is 1.45. The van der Waals surface area contributed by atoms with Crippen LogP contribution in [-0.4, -0.2) is 23.0 Å². The zero-order valence-electron chi connectivity index (χ0n) is 13.2. The van der Waals surface area contributed by atoms with Gasteiger partial charge in [0.2, 0.25) is 0 Å². The van der Waals surface area contributed by atoms with Gasteiger partial charge in [0.25, 0.3) is 0 Å². The second-order valence-corrected chi connectivity index (χ2v) is 6.34. The Morgan fingerprint density at radius 2 is 1.96 bits per heavy atom. The first kappa shape index (κ1) is 16.1. The summed E-state index contributed by atoms with van der Waals surface area (Å²) in [5, 5.41) is 0. The number of hydrogen-bond donors (Lipinski definition) is 0. The lowest BCUT2D eigenvalue weighted by Gasteiger charge is -2.32. The number of aromatic nitrogens is 1. The van der Waals surface area contributed by atoms with Gasteiger partial charge in [0.15, 0.2) is 0 Å². The van der Waals surface area contributed by atoms with E-state index in [-0.39, 0.29) is 5.56 Å². The molecule has 0 N–H and O–H groups in total. The van der Waals surface area contributed by atoms with Crippen LogP contribution in [-0.2, 0) is 13.0 Å². The summed E-state index contributed by atoms with van der Waals surface area (Å²) in [6.07, 6.45) is 7.28. The third kappa shape index (κ3) is 4.35. The highest BCUT2D eigenvalue weighted by Gasteiger charge is 2.21.